The Labute approximate surface area is 96.3 Å². The fourth-order valence-corrected chi connectivity index (χ4v) is 1.32. The number of rotatable bonds is 6. The maximum Gasteiger partial charge on any atom is 0.118 e. The average Bonchev–Trinajstić information content (AvgIpc) is 2.30. The molecule has 1 aromatic carbocycles. The first kappa shape index (κ1) is 12.7. The fourth-order valence-electron chi connectivity index (χ4n) is 1.32. The summed E-state index contributed by atoms with van der Waals surface area (Å²) in [6, 6.07) is 7.62. The van der Waals surface area contributed by atoms with Crippen molar-refractivity contribution in [1.82, 2.24) is 0 Å². The zero-order valence-electron chi connectivity index (χ0n) is 9.72. The molecule has 0 aliphatic rings. The molecular weight excluding hydrogens is 204 g/mol. The van der Waals surface area contributed by atoms with Crippen LogP contribution in [0.15, 0.2) is 36.9 Å². The van der Waals surface area contributed by atoms with Gasteiger partial charge in [-0.25, -0.2) is 0 Å². The highest BCUT2D eigenvalue weighted by Crippen LogP contribution is 2.13. The molecule has 1 rings (SSSR count). The summed E-state index contributed by atoms with van der Waals surface area (Å²) < 4.78 is 10.6. The van der Waals surface area contributed by atoms with Crippen molar-refractivity contribution in [3.05, 3.63) is 42.5 Å². The molecule has 0 amide bonds. The van der Waals surface area contributed by atoms with Gasteiger partial charge in [0.25, 0.3) is 0 Å². The first-order chi connectivity index (χ1) is 7.67. The van der Waals surface area contributed by atoms with Crippen LogP contribution in [0.5, 0.6) is 5.75 Å². The molecule has 3 heteroatoms. The lowest BCUT2D eigenvalue weighted by atomic mass is 10.2. The SMILES string of the molecule is C=CC(OCc1ccc(OC)cc1)C(C)O. The summed E-state index contributed by atoms with van der Waals surface area (Å²) in [6.07, 6.45) is 0.728. The van der Waals surface area contributed by atoms with Crippen LogP contribution in [0.3, 0.4) is 0 Å². The van der Waals surface area contributed by atoms with E-state index in [4.69, 9.17) is 9.47 Å². The summed E-state index contributed by atoms with van der Waals surface area (Å²) in [5.74, 6) is 0.819. The predicted octanol–water partition coefficient (Wildman–Crippen LogP) is 2.15. The number of aliphatic hydroxyl groups excluding tert-OH is 1. The van der Waals surface area contributed by atoms with E-state index in [0.717, 1.165) is 11.3 Å². The number of ether oxygens (including phenoxy) is 2. The average molecular weight is 222 g/mol. The van der Waals surface area contributed by atoms with Crippen molar-refractivity contribution in [2.45, 2.75) is 25.7 Å². The predicted molar refractivity (Wildman–Crippen MR) is 63.4 cm³/mol. The monoisotopic (exact) mass is 222 g/mol. The summed E-state index contributed by atoms with van der Waals surface area (Å²) in [6.45, 7) is 5.75. The zero-order chi connectivity index (χ0) is 12.0. The van der Waals surface area contributed by atoms with Crippen molar-refractivity contribution in [1.29, 1.82) is 0 Å². The van der Waals surface area contributed by atoms with Crippen molar-refractivity contribution < 1.29 is 14.6 Å². The normalized spacial score (nSPS) is 14.2. The maximum absolute atomic E-state index is 9.36. The summed E-state index contributed by atoms with van der Waals surface area (Å²) in [5.41, 5.74) is 1.04. The molecule has 0 spiro atoms. The smallest absolute Gasteiger partial charge is 0.118 e. The molecule has 0 saturated carbocycles. The van der Waals surface area contributed by atoms with Crippen LogP contribution in [-0.2, 0) is 11.3 Å². The van der Waals surface area contributed by atoms with Gasteiger partial charge in [-0.1, -0.05) is 18.2 Å². The minimum absolute atomic E-state index is 0.331. The van der Waals surface area contributed by atoms with E-state index in [2.05, 4.69) is 6.58 Å². The Kier molecular flexibility index (Phi) is 5.02. The Balaban J connectivity index is 2.50. The van der Waals surface area contributed by atoms with Crippen molar-refractivity contribution in [2.24, 2.45) is 0 Å². The van der Waals surface area contributed by atoms with Crippen LogP contribution in [0.25, 0.3) is 0 Å². The van der Waals surface area contributed by atoms with Crippen LogP contribution in [-0.4, -0.2) is 24.4 Å². The van der Waals surface area contributed by atoms with E-state index >= 15 is 0 Å². The molecule has 0 aromatic heterocycles. The molecule has 1 aromatic rings. The topological polar surface area (TPSA) is 38.7 Å². The molecule has 88 valence electrons. The highest BCUT2D eigenvalue weighted by Gasteiger charge is 2.10. The van der Waals surface area contributed by atoms with Crippen molar-refractivity contribution in [3.8, 4) is 5.75 Å². The molecule has 2 unspecified atom stereocenters. The molecule has 0 saturated heterocycles. The van der Waals surface area contributed by atoms with Gasteiger partial charge in [-0.15, -0.1) is 6.58 Å². The second-order valence-electron chi connectivity index (χ2n) is 3.60. The first-order valence-electron chi connectivity index (χ1n) is 5.22. The first-order valence-corrected chi connectivity index (χ1v) is 5.22. The van der Waals surface area contributed by atoms with Gasteiger partial charge in [0, 0.05) is 0 Å². The molecular formula is C13H18O3. The molecule has 0 fully saturated rings. The van der Waals surface area contributed by atoms with Gasteiger partial charge in [0.2, 0.25) is 0 Å². The van der Waals surface area contributed by atoms with Gasteiger partial charge in [0.15, 0.2) is 0 Å². The molecule has 2 atom stereocenters. The molecule has 0 bridgehead atoms. The third-order valence-electron chi connectivity index (χ3n) is 2.31. The minimum Gasteiger partial charge on any atom is -0.497 e. The van der Waals surface area contributed by atoms with E-state index in [1.54, 1.807) is 20.1 Å². The summed E-state index contributed by atoms with van der Waals surface area (Å²) in [7, 11) is 1.63. The van der Waals surface area contributed by atoms with E-state index < -0.39 is 6.10 Å². The highest BCUT2D eigenvalue weighted by atomic mass is 16.5. The van der Waals surface area contributed by atoms with Gasteiger partial charge >= 0.3 is 0 Å². The van der Waals surface area contributed by atoms with Gasteiger partial charge in [0.05, 0.1) is 19.8 Å². The third-order valence-corrected chi connectivity index (χ3v) is 2.31. The van der Waals surface area contributed by atoms with Crippen LogP contribution in [0.4, 0.5) is 0 Å². The number of methoxy groups -OCH3 is 1. The van der Waals surface area contributed by atoms with Crippen LogP contribution >= 0.6 is 0 Å². The lowest BCUT2D eigenvalue weighted by Gasteiger charge is -2.16. The zero-order valence-corrected chi connectivity index (χ0v) is 9.72. The molecule has 3 nitrogen and oxygen atoms in total. The van der Waals surface area contributed by atoms with Gasteiger partial charge < -0.3 is 14.6 Å². The molecule has 1 N–H and O–H groups in total. The van der Waals surface area contributed by atoms with Gasteiger partial charge in [0.1, 0.15) is 11.9 Å². The maximum atomic E-state index is 9.36. The lowest BCUT2D eigenvalue weighted by molar-refractivity contribution is -0.00982. The molecule has 0 radical (unpaired) electrons. The van der Waals surface area contributed by atoms with Gasteiger partial charge in [-0.3, -0.25) is 0 Å². The highest BCUT2D eigenvalue weighted by molar-refractivity contribution is 5.26. The van der Waals surface area contributed by atoms with Gasteiger partial charge in [-0.05, 0) is 24.6 Å². The summed E-state index contributed by atoms with van der Waals surface area (Å²) >= 11 is 0. The van der Waals surface area contributed by atoms with E-state index in [1.165, 1.54) is 0 Å². The third kappa shape index (κ3) is 3.68. The number of aliphatic hydroxyl groups is 1. The second kappa shape index (κ2) is 6.30. The Bertz CT molecular complexity index is 316. The summed E-state index contributed by atoms with van der Waals surface area (Å²) in [4.78, 5) is 0. The Morgan fingerprint density at radius 1 is 1.38 bits per heavy atom. The fraction of sp³-hybridized carbons (Fsp3) is 0.385. The quantitative estimate of drug-likeness (QED) is 0.749. The molecule has 0 aliphatic heterocycles. The standard InChI is InChI=1S/C13H18O3/c1-4-13(10(2)14)16-9-11-5-7-12(15-3)8-6-11/h4-8,10,13-14H,1,9H2,2-3H3. The Morgan fingerprint density at radius 3 is 2.44 bits per heavy atom. The van der Waals surface area contributed by atoms with Crippen LogP contribution in [0.2, 0.25) is 0 Å². The second-order valence-corrected chi connectivity index (χ2v) is 3.60. The van der Waals surface area contributed by atoms with Crippen molar-refractivity contribution in [3.63, 3.8) is 0 Å². The van der Waals surface area contributed by atoms with Crippen LogP contribution < -0.4 is 4.74 Å². The molecule has 0 aliphatic carbocycles. The van der Waals surface area contributed by atoms with E-state index in [0.29, 0.717) is 6.61 Å². The van der Waals surface area contributed by atoms with E-state index in [9.17, 15) is 5.11 Å². The largest absolute Gasteiger partial charge is 0.497 e. The number of hydrogen-bond acceptors (Lipinski definition) is 3. The van der Waals surface area contributed by atoms with Gasteiger partial charge in [-0.2, -0.15) is 0 Å². The summed E-state index contributed by atoms with van der Waals surface area (Å²) in [5, 5.41) is 9.36. The Morgan fingerprint density at radius 2 is 2.00 bits per heavy atom. The van der Waals surface area contributed by atoms with Crippen molar-refractivity contribution in [2.75, 3.05) is 7.11 Å². The van der Waals surface area contributed by atoms with Crippen molar-refractivity contribution >= 4 is 0 Å². The van der Waals surface area contributed by atoms with E-state index in [1.807, 2.05) is 24.3 Å². The van der Waals surface area contributed by atoms with Crippen LogP contribution in [0.1, 0.15) is 12.5 Å². The Hall–Kier alpha value is -1.32. The molecule has 0 heterocycles. The minimum atomic E-state index is -0.546. The lowest BCUT2D eigenvalue weighted by Crippen LogP contribution is -2.23. The van der Waals surface area contributed by atoms with E-state index in [-0.39, 0.29) is 6.10 Å². The molecule has 16 heavy (non-hydrogen) atoms. The number of benzene rings is 1. The van der Waals surface area contributed by atoms with Crippen LogP contribution in [0, 0.1) is 0 Å². The number of hydrogen-bond donors (Lipinski definition) is 1.